The molecule has 6 heavy (non-hydrogen) atoms. The summed E-state index contributed by atoms with van der Waals surface area (Å²) in [4.78, 5) is 0. The van der Waals surface area contributed by atoms with Crippen molar-refractivity contribution in [3.63, 3.8) is 0 Å². The van der Waals surface area contributed by atoms with Gasteiger partial charge in [0, 0.05) is 6.72 Å². The molecular formula is CH3NO3S. The van der Waals surface area contributed by atoms with Gasteiger partial charge in [0.15, 0.2) is 0 Å². The van der Waals surface area contributed by atoms with Gasteiger partial charge in [-0.25, -0.2) is 0 Å². The molecular weight excluding hydrogens is 106 g/mol. The van der Waals surface area contributed by atoms with E-state index in [1.165, 1.54) is 0 Å². The third-order valence-corrected chi connectivity index (χ3v) is 0.489. The predicted octanol–water partition coefficient (Wildman–Crippen LogP) is -0.510. The maximum absolute atomic E-state index is 9.33. The second-order valence-corrected chi connectivity index (χ2v) is 1.73. The van der Waals surface area contributed by atoms with Gasteiger partial charge in [0.1, 0.15) is 0 Å². The molecule has 5 heteroatoms. The van der Waals surface area contributed by atoms with Crippen LogP contribution in [-0.2, 0) is 10.3 Å². The normalized spacial score (nSPS) is 10.8. The van der Waals surface area contributed by atoms with Crippen molar-refractivity contribution in [2.75, 3.05) is 0 Å². The van der Waals surface area contributed by atoms with Crippen molar-refractivity contribution in [1.29, 1.82) is 0 Å². The molecule has 0 unspecified atom stereocenters. The van der Waals surface area contributed by atoms with Crippen LogP contribution < -0.4 is 0 Å². The van der Waals surface area contributed by atoms with Crippen LogP contribution in [0.3, 0.4) is 0 Å². The highest BCUT2D eigenvalue weighted by atomic mass is 32.2. The standard InChI is InChI=1S/CH3NO3S/c1-2-6(3,4)5/h1H2,(H,3,4,5). The third kappa shape index (κ3) is 3.58. The summed E-state index contributed by atoms with van der Waals surface area (Å²) in [5.41, 5.74) is 0. The Hall–Kier alpha value is -0.420. The smallest absolute Gasteiger partial charge is 0.268 e. The molecule has 36 valence electrons. The van der Waals surface area contributed by atoms with Gasteiger partial charge in [-0.05, 0) is 0 Å². The van der Waals surface area contributed by atoms with E-state index in [2.05, 4.69) is 11.1 Å². The average Bonchev–Trinajstić information content (AvgIpc) is 1.35. The van der Waals surface area contributed by atoms with Crippen LogP contribution in [0.25, 0.3) is 0 Å². The molecule has 0 heterocycles. The van der Waals surface area contributed by atoms with Crippen LogP contribution in [-0.4, -0.2) is 19.7 Å². The molecule has 0 aromatic rings. The lowest BCUT2D eigenvalue weighted by atomic mass is 11.8. The van der Waals surface area contributed by atoms with E-state index in [1.807, 2.05) is 0 Å². The predicted molar refractivity (Wildman–Crippen MR) is 21.1 cm³/mol. The Balaban J connectivity index is 4.25. The molecule has 0 spiro atoms. The minimum absolute atomic E-state index is 2.30. The molecule has 0 aliphatic carbocycles. The number of hydrogen-bond acceptors (Lipinski definition) is 2. The summed E-state index contributed by atoms with van der Waals surface area (Å²) in [6.45, 7) is 2.54. The number of hydrogen-bond donors (Lipinski definition) is 1. The first kappa shape index (κ1) is 5.58. The quantitative estimate of drug-likeness (QED) is 0.364. The fraction of sp³-hybridized carbons (Fsp3) is 0. The van der Waals surface area contributed by atoms with Gasteiger partial charge in [-0.3, -0.25) is 4.55 Å². The van der Waals surface area contributed by atoms with Crippen LogP contribution in [0.2, 0.25) is 0 Å². The lowest BCUT2D eigenvalue weighted by Crippen LogP contribution is -1.86. The molecule has 0 rings (SSSR count). The van der Waals surface area contributed by atoms with Crippen molar-refractivity contribution in [2.45, 2.75) is 0 Å². The first-order valence-corrected chi connectivity index (χ1v) is 2.41. The molecule has 1 N–H and O–H groups in total. The minimum atomic E-state index is -4.15. The van der Waals surface area contributed by atoms with E-state index in [0.29, 0.717) is 0 Å². The van der Waals surface area contributed by atoms with Gasteiger partial charge >= 0.3 is 10.3 Å². The van der Waals surface area contributed by atoms with Crippen molar-refractivity contribution < 1.29 is 13.0 Å². The fourth-order valence-electron chi connectivity index (χ4n) is 0. The Morgan fingerprint density at radius 3 is 1.83 bits per heavy atom. The third-order valence-electron chi connectivity index (χ3n) is 0.163. The fourth-order valence-corrected chi connectivity index (χ4v) is 0. The summed E-state index contributed by atoms with van der Waals surface area (Å²) in [5.74, 6) is 0. The van der Waals surface area contributed by atoms with Crippen LogP contribution in [0.5, 0.6) is 0 Å². The van der Waals surface area contributed by atoms with E-state index in [-0.39, 0.29) is 0 Å². The van der Waals surface area contributed by atoms with E-state index in [4.69, 9.17) is 4.55 Å². The molecule has 0 aliphatic heterocycles. The largest absolute Gasteiger partial charge is 0.377 e. The highest BCUT2D eigenvalue weighted by Crippen LogP contribution is 1.74. The van der Waals surface area contributed by atoms with Gasteiger partial charge in [-0.1, -0.05) is 0 Å². The van der Waals surface area contributed by atoms with Crippen LogP contribution >= 0.6 is 0 Å². The van der Waals surface area contributed by atoms with E-state index in [0.717, 1.165) is 0 Å². The van der Waals surface area contributed by atoms with Gasteiger partial charge < -0.3 is 0 Å². The van der Waals surface area contributed by atoms with Crippen LogP contribution in [0.1, 0.15) is 0 Å². The van der Waals surface area contributed by atoms with Gasteiger partial charge in [0.25, 0.3) is 0 Å². The van der Waals surface area contributed by atoms with Crippen molar-refractivity contribution in [3.05, 3.63) is 0 Å². The van der Waals surface area contributed by atoms with Gasteiger partial charge in [-0.2, -0.15) is 12.8 Å². The van der Waals surface area contributed by atoms with Gasteiger partial charge in [0.05, 0.1) is 0 Å². The summed E-state index contributed by atoms with van der Waals surface area (Å²) < 4.78 is 28.5. The molecule has 0 amide bonds. The van der Waals surface area contributed by atoms with Crippen molar-refractivity contribution in [2.24, 2.45) is 4.40 Å². The lowest BCUT2D eigenvalue weighted by Gasteiger charge is -1.73. The lowest BCUT2D eigenvalue weighted by molar-refractivity contribution is 0.485. The zero-order valence-electron chi connectivity index (χ0n) is 2.83. The molecule has 0 bridgehead atoms. The second-order valence-electron chi connectivity index (χ2n) is 0.577. The van der Waals surface area contributed by atoms with Gasteiger partial charge in [-0.15, -0.1) is 0 Å². The average molecular weight is 109 g/mol. The van der Waals surface area contributed by atoms with E-state index in [1.54, 1.807) is 0 Å². The second kappa shape index (κ2) is 1.36. The van der Waals surface area contributed by atoms with Gasteiger partial charge in [0.2, 0.25) is 0 Å². The number of nitrogens with zero attached hydrogens (tertiary/aromatic N) is 1. The summed E-state index contributed by atoms with van der Waals surface area (Å²) >= 11 is 0. The molecule has 0 atom stereocenters. The first-order valence-electron chi connectivity index (χ1n) is 1.01. The molecule has 0 saturated carbocycles. The summed E-state index contributed by atoms with van der Waals surface area (Å²) in [5, 5.41) is 0. The monoisotopic (exact) mass is 109 g/mol. The molecule has 0 fully saturated rings. The van der Waals surface area contributed by atoms with Crippen molar-refractivity contribution >= 4 is 17.0 Å². The maximum atomic E-state index is 9.33. The van der Waals surface area contributed by atoms with Crippen LogP contribution in [0.4, 0.5) is 0 Å². The molecule has 0 saturated heterocycles. The van der Waals surface area contributed by atoms with E-state index < -0.39 is 10.3 Å². The van der Waals surface area contributed by atoms with Crippen LogP contribution in [0.15, 0.2) is 4.40 Å². The summed E-state index contributed by atoms with van der Waals surface area (Å²) in [6, 6.07) is 0. The summed E-state index contributed by atoms with van der Waals surface area (Å²) in [7, 11) is -4.15. The zero-order chi connectivity index (χ0) is 5.21. The van der Waals surface area contributed by atoms with Crippen LogP contribution in [0, 0.1) is 0 Å². The Bertz CT molecular complexity index is 121. The summed E-state index contributed by atoms with van der Waals surface area (Å²) in [6.07, 6.45) is 0. The molecule has 0 aromatic heterocycles. The first-order chi connectivity index (χ1) is 2.56. The van der Waals surface area contributed by atoms with E-state index >= 15 is 0 Å². The Labute approximate surface area is 35.4 Å². The highest BCUT2D eigenvalue weighted by Gasteiger charge is 1.89. The SMILES string of the molecule is C=NS(=O)(=O)O. The minimum Gasteiger partial charge on any atom is -0.268 e. The number of rotatable bonds is 1. The Morgan fingerprint density at radius 2 is 1.83 bits per heavy atom. The molecule has 0 aliphatic rings. The molecule has 0 aromatic carbocycles. The van der Waals surface area contributed by atoms with Crippen molar-refractivity contribution in [3.8, 4) is 0 Å². The maximum Gasteiger partial charge on any atom is 0.377 e. The Morgan fingerprint density at radius 1 is 1.67 bits per heavy atom. The molecule has 4 nitrogen and oxygen atoms in total. The topological polar surface area (TPSA) is 66.7 Å². The molecule has 0 radical (unpaired) electrons. The zero-order valence-corrected chi connectivity index (χ0v) is 3.64. The van der Waals surface area contributed by atoms with Crippen molar-refractivity contribution in [1.82, 2.24) is 0 Å². The van der Waals surface area contributed by atoms with E-state index in [9.17, 15) is 8.42 Å². The Kier molecular flexibility index (Phi) is 1.26. The highest BCUT2D eigenvalue weighted by molar-refractivity contribution is 7.84.